The lowest BCUT2D eigenvalue weighted by Crippen LogP contribution is -2.38. The number of hydrogen-bond donors (Lipinski definition) is 2. The molecule has 0 aliphatic carbocycles. The van der Waals surface area contributed by atoms with Crippen LogP contribution in [0.3, 0.4) is 0 Å². The summed E-state index contributed by atoms with van der Waals surface area (Å²) in [6.45, 7) is 6.56. The van der Waals surface area contributed by atoms with Crippen molar-refractivity contribution < 1.29 is 29.3 Å². The van der Waals surface area contributed by atoms with Crippen LogP contribution in [0.15, 0.2) is 48.0 Å². The van der Waals surface area contributed by atoms with Crippen LogP contribution in [0.25, 0.3) is 5.76 Å². The molecule has 2 aromatic carbocycles. The van der Waals surface area contributed by atoms with E-state index in [1.165, 1.54) is 31.3 Å². The highest BCUT2D eigenvalue weighted by molar-refractivity contribution is 6.46. The number of carbonyl (C=O) groups is 2. The van der Waals surface area contributed by atoms with E-state index in [1.807, 2.05) is 13.8 Å². The molecule has 0 saturated carbocycles. The second kappa shape index (κ2) is 10.4. The molecule has 0 radical (unpaired) electrons. The predicted molar refractivity (Wildman–Crippen MR) is 124 cm³/mol. The van der Waals surface area contributed by atoms with E-state index in [0.29, 0.717) is 30.2 Å². The smallest absolute Gasteiger partial charge is 0.295 e. The number of aliphatic hydroxyl groups excluding tert-OH is 1. The first-order chi connectivity index (χ1) is 15.9. The molecular formula is C25H30N2O6. The van der Waals surface area contributed by atoms with Crippen LogP contribution < -0.4 is 9.47 Å². The number of nitrogens with zero attached hydrogens (tertiary/aromatic N) is 2. The molecule has 0 bridgehead atoms. The molecule has 176 valence electrons. The zero-order valence-electron chi connectivity index (χ0n) is 19.4. The molecule has 1 atom stereocenters. The maximum absolute atomic E-state index is 13.1. The molecule has 1 fully saturated rings. The summed E-state index contributed by atoms with van der Waals surface area (Å²) in [5.41, 5.74) is 0.598. The van der Waals surface area contributed by atoms with Gasteiger partial charge in [-0.1, -0.05) is 26.0 Å². The average molecular weight is 455 g/mol. The van der Waals surface area contributed by atoms with Crippen LogP contribution in [0.2, 0.25) is 0 Å². The van der Waals surface area contributed by atoms with Gasteiger partial charge in [-0.05, 0) is 42.9 Å². The zero-order valence-corrected chi connectivity index (χ0v) is 19.4. The van der Waals surface area contributed by atoms with Crippen molar-refractivity contribution in [3.05, 3.63) is 59.2 Å². The topological polar surface area (TPSA) is 99.5 Å². The van der Waals surface area contributed by atoms with Gasteiger partial charge in [0.1, 0.15) is 23.0 Å². The number of ether oxygens (including phenoxy) is 2. The number of aromatic hydroxyl groups is 1. The quantitative estimate of drug-likeness (QED) is 0.341. The number of methoxy groups -OCH3 is 2. The molecule has 8 heteroatoms. The third-order valence-electron chi connectivity index (χ3n) is 5.96. The molecule has 0 spiro atoms. The van der Waals surface area contributed by atoms with Crippen LogP contribution in [-0.2, 0) is 9.59 Å². The third-order valence-corrected chi connectivity index (χ3v) is 5.96. The molecule has 1 aliphatic heterocycles. The van der Waals surface area contributed by atoms with Crippen LogP contribution >= 0.6 is 0 Å². The second-order valence-electron chi connectivity index (χ2n) is 7.68. The first kappa shape index (κ1) is 24.1. The van der Waals surface area contributed by atoms with Gasteiger partial charge in [0.05, 0.1) is 31.4 Å². The van der Waals surface area contributed by atoms with E-state index in [2.05, 4.69) is 4.90 Å². The lowest BCUT2D eigenvalue weighted by Gasteiger charge is -2.28. The molecule has 1 heterocycles. The van der Waals surface area contributed by atoms with Crippen molar-refractivity contribution in [3.63, 3.8) is 0 Å². The molecule has 8 nitrogen and oxygen atoms in total. The van der Waals surface area contributed by atoms with E-state index in [1.54, 1.807) is 30.3 Å². The number of phenolic OH excluding ortho intramolecular Hbond substituents is 1. The predicted octanol–water partition coefficient (Wildman–Crippen LogP) is 3.17. The minimum Gasteiger partial charge on any atom is -0.507 e. The summed E-state index contributed by atoms with van der Waals surface area (Å²) >= 11 is 0. The number of ketones is 1. The Labute approximate surface area is 193 Å². The number of hydrogen-bond acceptors (Lipinski definition) is 7. The molecular weight excluding hydrogens is 424 g/mol. The van der Waals surface area contributed by atoms with Gasteiger partial charge < -0.3 is 29.5 Å². The van der Waals surface area contributed by atoms with Gasteiger partial charge in [-0.3, -0.25) is 9.59 Å². The summed E-state index contributed by atoms with van der Waals surface area (Å²) in [5, 5.41) is 21.6. The number of rotatable bonds is 9. The fourth-order valence-corrected chi connectivity index (χ4v) is 4.04. The highest BCUT2D eigenvalue weighted by Crippen LogP contribution is 2.41. The van der Waals surface area contributed by atoms with Gasteiger partial charge in [0, 0.05) is 19.2 Å². The summed E-state index contributed by atoms with van der Waals surface area (Å²) in [7, 11) is 2.99. The summed E-state index contributed by atoms with van der Waals surface area (Å²) in [6, 6.07) is 10.6. The van der Waals surface area contributed by atoms with Crippen molar-refractivity contribution >= 4 is 17.4 Å². The van der Waals surface area contributed by atoms with Crippen LogP contribution in [0.5, 0.6) is 17.2 Å². The molecule has 2 aromatic rings. The maximum atomic E-state index is 13.1. The summed E-state index contributed by atoms with van der Waals surface area (Å²) in [6.07, 6.45) is 0. The summed E-state index contributed by atoms with van der Waals surface area (Å²) in [5.74, 6) is -1.22. The van der Waals surface area contributed by atoms with Gasteiger partial charge >= 0.3 is 0 Å². The number of benzene rings is 2. The Bertz CT molecular complexity index is 1060. The Morgan fingerprint density at radius 1 is 1.03 bits per heavy atom. The monoisotopic (exact) mass is 454 g/mol. The molecule has 2 N–H and O–H groups in total. The van der Waals surface area contributed by atoms with E-state index < -0.39 is 23.5 Å². The van der Waals surface area contributed by atoms with Crippen molar-refractivity contribution in [2.24, 2.45) is 0 Å². The van der Waals surface area contributed by atoms with Gasteiger partial charge in [-0.2, -0.15) is 0 Å². The number of aliphatic hydroxyl groups is 1. The first-order valence-corrected chi connectivity index (χ1v) is 10.9. The number of phenols is 1. The molecule has 0 unspecified atom stereocenters. The number of amides is 1. The average Bonchev–Trinajstić information content (AvgIpc) is 3.09. The van der Waals surface area contributed by atoms with E-state index >= 15 is 0 Å². The van der Waals surface area contributed by atoms with Gasteiger partial charge in [-0.25, -0.2) is 0 Å². The summed E-state index contributed by atoms with van der Waals surface area (Å²) in [4.78, 5) is 29.8. The van der Waals surface area contributed by atoms with Crippen molar-refractivity contribution in [2.75, 3.05) is 40.4 Å². The zero-order chi connectivity index (χ0) is 24.1. The molecule has 0 aromatic heterocycles. The lowest BCUT2D eigenvalue weighted by molar-refractivity contribution is -0.140. The highest BCUT2D eigenvalue weighted by atomic mass is 16.5. The van der Waals surface area contributed by atoms with Crippen LogP contribution in [-0.4, -0.2) is 72.1 Å². The van der Waals surface area contributed by atoms with Gasteiger partial charge in [0.2, 0.25) is 0 Å². The largest absolute Gasteiger partial charge is 0.507 e. The Morgan fingerprint density at radius 2 is 1.70 bits per heavy atom. The first-order valence-electron chi connectivity index (χ1n) is 10.9. The minimum absolute atomic E-state index is 0.0467. The fraction of sp³-hybridized carbons (Fsp3) is 0.360. The van der Waals surface area contributed by atoms with E-state index in [-0.39, 0.29) is 16.9 Å². The maximum Gasteiger partial charge on any atom is 0.295 e. The van der Waals surface area contributed by atoms with E-state index in [9.17, 15) is 19.8 Å². The van der Waals surface area contributed by atoms with Crippen LogP contribution in [0, 0.1) is 0 Å². The lowest BCUT2D eigenvalue weighted by atomic mass is 9.94. The van der Waals surface area contributed by atoms with Crippen LogP contribution in [0.1, 0.15) is 31.0 Å². The Morgan fingerprint density at radius 3 is 2.30 bits per heavy atom. The Balaban J connectivity index is 2.14. The number of likely N-dealkylation sites (N-methyl/N-ethyl adjacent to an activating group) is 1. The fourth-order valence-electron chi connectivity index (χ4n) is 4.04. The Kier molecular flexibility index (Phi) is 7.60. The third kappa shape index (κ3) is 4.80. The van der Waals surface area contributed by atoms with Crippen molar-refractivity contribution in [1.29, 1.82) is 0 Å². The van der Waals surface area contributed by atoms with Crippen LogP contribution in [0.4, 0.5) is 0 Å². The Hall–Kier alpha value is -3.52. The van der Waals surface area contributed by atoms with Crippen molar-refractivity contribution in [2.45, 2.75) is 19.9 Å². The number of likely N-dealkylation sites (tertiary alicyclic amines) is 1. The SMILES string of the molecule is CCN(CC)CCN1C(=O)C(=O)C(=C(O)c2ccc(OC)cc2O)[C@@H]1c1cccc(OC)c1. The summed E-state index contributed by atoms with van der Waals surface area (Å²) < 4.78 is 10.4. The van der Waals surface area contributed by atoms with Gasteiger partial charge in [-0.15, -0.1) is 0 Å². The molecule has 1 amide bonds. The van der Waals surface area contributed by atoms with Crippen molar-refractivity contribution in [1.82, 2.24) is 9.80 Å². The van der Waals surface area contributed by atoms with E-state index in [0.717, 1.165) is 13.1 Å². The van der Waals surface area contributed by atoms with Gasteiger partial charge in [0.25, 0.3) is 11.7 Å². The van der Waals surface area contributed by atoms with Crippen molar-refractivity contribution in [3.8, 4) is 17.2 Å². The highest BCUT2D eigenvalue weighted by Gasteiger charge is 2.46. The second-order valence-corrected chi connectivity index (χ2v) is 7.68. The number of Topliss-reactive ketones (excluding diaryl/α,β-unsaturated/α-hetero) is 1. The molecule has 1 aliphatic rings. The number of carbonyl (C=O) groups excluding carboxylic acids is 2. The molecule has 33 heavy (non-hydrogen) atoms. The normalized spacial score (nSPS) is 17.6. The minimum atomic E-state index is -0.822. The molecule has 3 rings (SSSR count). The van der Waals surface area contributed by atoms with Gasteiger partial charge in [0.15, 0.2) is 0 Å². The van der Waals surface area contributed by atoms with E-state index in [4.69, 9.17) is 9.47 Å². The molecule has 1 saturated heterocycles. The standard InChI is InChI=1S/C25H30N2O6/c1-5-26(6-2)12-13-27-22(16-8-7-9-17(14-16)32-3)21(24(30)25(27)31)23(29)19-11-10-18(33-4)15-20(19)28/h7-11,14-15,22,28-29H,5-6,12-13H2,1-4H3/t22-/m0/s1.